The van der Waals surface area contributed by atoms with Crippen LogP contribution in [0.1, 0.15) is 52.4 Å². The Morgan fingerprint density at radius 3 is 2.88 bits per heavy atom. The molecule has 0 aromatic rings. The fraction of sp³-hybridized carbons (Fsp3) is 0.769. The predicted molar refractivity (Wildman–Crippen MR) is 67.1 cm³/mol. The molecule has 1 unspecified atom stereocenters. The van der Waals surface area contributed by atoms with Gasteiger partial charge in [-0.05, 0) is 45.4 Å². The number of carbonyl (C=O) groups excluding carboxylic acids is 1. The van der Waals surface area contributed by atoms with E-state index in [2.05, 4.69) is 11.4 Å². The lowest BCUT2D eigenvalue weighted by atomic mass is 9.96. The van der Waals surface area contributed by atoms with Crippen LogP contribution in [0.5, 0.6) is 0 Å². The van der Waals surface area contributed by atoms with Gasteiger partial charge in [-0.3, -0.25) is 4.79 Å². The maximum atomic E-state index is 11.7. The van der Waals surface area contributed by atoms with Crippen molar-refractivity contribution in [3.05, 3.63) is 11.6 Å². The molecule has 0 bridgehead atoms. The molecule has 3 N–H and O–H groups in total. The van der Waals surface area contributed by atoms with E-state index >= 15 is 0 Å². The molecular weight excluding hydrogens is 200 g/mol. The Hall–Kier alpha value is -0.830. The minimum absolute atomic E-state index is 0.0357. The molecule has 0 aromatic heterocycles. The molecule has 1 atom stereocenters. The van der Waals surface area contributed by atoms with Gasteiger partial charge in [0.25, 0.3) is 0 Å². The van der Waals surface area contributed by atoms with Gasteiger partial charge in [-0.2, -0.15) is 0 Å². The number of amides is 1. The summed E-state index contributed by atoms with van der Waals surface area (Å²) in [4.78, 5) is 11.7. The Morgan fingerprint density at radius 2 is 2.31 bits per heavy atom. The largest absolute Gasteiger partial charge is 0.354 e. The summed E-state index contributed by atoms with van der Waals surface area (Å²) in [5, 5.41) is 2.92. The van der Waals surface area contributed by atoms with Crippen LogP contribution < -0.4 is 11.1 Å². The highest BCUT2D eigenvalue weighted by Gasteiger charge is 2.25. The van der Waals surface area contributed by atoms with E-state index in [1.807, 2.05) is 6.92 Å². The van der Waals surface area contributed by atoms with E-state index in [4.69, 9.17) is 5.73 Å². The molecule has 0 radical (unpaired) electrons. The molecule has 0 aliphatic heterocycles. The van der Waals surface area contributed by atoms with E-state index in [0.717, 1.165) is 13.0 Å². The van der Waals surface area contributed by atoms with E-state index in [0.29, 0.717) is 6.42 Å². The highest BCUT2D eigenvalue weighted by Crippen LogP contribution is 2.19. The van der Waals surface area contributed by atoms with Gasteiger partial charge in [0, 0.05) is 6.54 Å². The first-order valence-corrected chi connectivity index (χ1v) is 6.31. The fourth-order valence-corrected chi connectivity index (χ4v) is 1.83. The van der Waals surface area contributed by atoms with Crippen molar-refractivity contribution in [2.24, 2.45) is 5.73 Å². The van der Waals surface area contributed by atoms with E-state index in [1.54, 1.807) is 6.92 Å². The molecule has 0 saturated carbocycles. The van der Waals surface area contributed by atoms with E-state index in [-0.39, 0.29) is 5.91 Å². The van der Waals surface area contributed by atoms with Gasteiger partial charge in [0.15, 0.2) is 0 Å². The molecule has 1 aliphatic rings. The Balaban J connectivity index is 2.25. The first kappa shape index (κ1) is 13.2. The third kappa shape index (κ3) is 3.97. The third-order valence-corrected chi connectivity index (χ3v) is 3.37. The maximum absolute atomic E-state index is 11.7. The second-order valence-electron chi connectivity index (χ2n) is 4.89. The topological polar surface area (TPSA) is 55.1 Å². The minimum atomic E-state index is -0.721. The van der Waals surface area contributed by atoms with Crippen LogP contribution in [0, 0.1) is 0 Å². The van der Waals surface area contributed by atoms with Crippen molar-refractivity contribution in [2.45, 2.75) is 57.9 Å². The molecule has 0 fully saturated rings. The van der Waals surface area contributed by atoms with Crippen molar-refractivity contribution in [3.63, 3.8) is 0 Å². The second-order valence-corrected chi connectivity index (χ2v) is 4.89. The molecule has 92 valence electrons. The van der Waals surface area contributed by atoms with Crippen LogP contribution in [0.25, 0.3) is 0 Å². The number of nitrogens with two attached hydrogens (primary N) is 1. The van der Waals surface area contributed by atoms with Gasteiger partial charge >= 0.3 is 0 Å². The highest BCUT2D eigenvalue weighted by atomic mass is 16.2. The van der Waals surface area contributed by atoms with Crippen molar-refractivity contribution < 1.29 is 4.79 Å². The summed E-state index contributed by atoms with van der Waals surface area (Å²) < 4.78 is 0. The number of nitrogens with one attached hydrogen (secondary N) is 1. The van der Waals surface area contributed by atoms with E-state index in [1.165, 1.54) is 31.3 Å². The minimum Gasteiger partial charge on any atom is -0.354 e. The average Bonchev–Trinajstić information content (AvgIpc) is 2.30. The highest BCUT2D eigenvalue weighted by molar-refractivity contribution is 5.85. The summed E-state index contributed by atoms with van der Waals surface area (Å²) in [5.74, 6) is -0.0357. The lowest BCUT2D eigenvalue weighted by Crippen LogP contribution is -2.51. The summed E-state index contributed by atoms with van der Waals surface area (Å²) in [6.45, 7) is 4.43. The molecule has 16 heavy (non-hydrogen) atoms. The molecule has 0 aromatic carbocycles. The smallest absolute Gasteiger partial charge is 0.239 e. The summed E-state index contributed by atoms with van der Waals surface area (Å²) in [6, 6.07) is 0. The third-order valence-electron chi connectivity index (χ3n) is 3.37. The molecule has 0 heterocycles. The van der Waals surface area contributed by atoms with Gasteiger partial charge in [-0.15, -0.1) is 0 Å². The second kappa shape index (κ2) is 6.04. The molecule has 0 saturated heterocycles. The number of carbonyl (C=O) groups is 1. The summed E-state index contributed by atoms with van der Waals surface area (Å²) in [5.41, 5.74) is 6.62. The standard InChI is InChI=1S/C13H24N2O/c1-3-13(2,14)12(16)15-10-9-11-7-5-4-6-8-11/h7H,3-6,8-10,14H2,1-2H3,(H,15,16). The van der Waals surface area contributed by atoms with Crippen LogP contribution in [0.4, 0.5) is 0 Å². The molecule has 3 nitrogen and oxygen atoms in total. The van der Waals surface area contributed by atoms with Crippen molar-refractivity contribution in [1.82, 2.24) is 5.32 Å². The summed E-state index contributed by atoms with van der Waals surface area (Å²) in [6.07, 6.45) is 8.97. The first-order chi connectivity index (χ1) is 7.56. The van der Waals surface area contributed by atoms with Gasteiger partial charge in [0.05, 0.1) is 5.54 Å². The first-order valence-electron chi connectivity index (χ1n) is 6.31. The molecule has 1 rings (SSSR count). The Labute approximate surface area is 98.5 Å². The molecule has 3 heteroatoms. The van der Waals surface area contributed by atoms with Crippen molar-refractivity contribution >= 4 is 5.91 Å². The van der Waals surface area contributed by atoms with Gasteiger partial charge in [-0.1, -0.05) is 18.6 Å². The maximum Gasteiger partial charge on any atom is 0.239 e. The van der Waals surface area contributed by atoms with Gasteiger partial charge in [0.1, 0.15) is 0 Å². The van der Waals surface area contributed by atoms with Crippen LogP contribution in [0.3, 0.4) is 0 Å². The quantitative estimate of drug-likeness (QED) is 0.703. The molecule has 1 aliphatic carbocycles. The summed E-state index contributed by atoms with van der Waals surface area (Å²) in [7, 11) is 0. The fourth-order valence-electron chi connectivity index (χ4n) is 1.83. The molecular formula is C13H24N2O. The van der Waals surface area contributed by atoms with Gasteiger partial charge < -0.3 is 11.1 Å². The van der Waals surface area contributed by atoms with E-state index in [9.17, 15) is 4.79 Å². The molecule has 1 amide bonds. The molecule has 0 spiro atoms. The van der Waals surface area contributed by atoms with Crippen LogP contribution in [0.2, 0.25) is 0 Å². The zero-order chi connectivity index (χ0) is 12.0. The average molecular weight is 224 g/mol. The Morgan fingerprint density at radius 1 is 1.56 bits per heavy atom. The number of hydrogen-bond acceptors (Lipinski definition) is 2. The predicted octanol–water partition coefficient (Wildman–Crippen LogP) is 2.12. The van der Waals surface area contributed by atoms with Crippen LogP contribution in [-0.4, -0.2) is 18.0 Å². The summed E-state index contributed by atoms with van der Waals surface area (Å²) >= 11 is 0. The van der Waals surface area contributed by atoms with Gasteiger partial charge in [-0.25, -0.2) is 0 Å². The SMILES string of the molecule is CCC(C)(N)C(=O)NCCC1=CCCCC1. The monoisotopic (exact) mass is 224 g/mol. The van der Waals surface area contributed by atoms with Crippen molar-refractivity contribution in [3.8, 4) is 0 Å². The van der Waals surface area contributed by atoms with Crippen LogP contribution >= 0.6 is 0 Å². The van der Waals surface area contributed by atoms with Crippen molar-refractivity contribution in [1.29, 1.82) is 0 Å². The normalized spacial score (nSPS) is 19.8. The van der Waals surface area contributed by atoms with E-state index < -0.39 is 5.54 Å². The zero-order valence-electron chi connectivity index (χ0n) is 10.5. The number of hydrogen-bond donors (Lipinski definition) is 2. The lowest BCUT2D eigenvalue weighted by Gasteiger charge is -2.22. The number of rotatable bonds is 5. The number of allylic oxidation sites excluding steroid dienone is 1. The zero-order valence-corrected chi connectivity index (χ0v) is 10.5. The Bertz CT molecular complexity index is 269. The Kier molecular flexibility index (Phi) is 5.00. The van der Waals surface area contributed by atoms with Crippen LogP contribution in [0.15, 0.2) is 11.6 Å². The van der Waals surface area contributed by atoms with Gasteiger partial charge in [0.2, 0.25) is 5.91 Å². The van der Waals surface area contributed by atoms with Crippen LogP contribution in [-0.2, 0) is 4.79 Å². The van der Waals surface area contributed by atoms with Crippen molar-refractivity contribution in [2.75, 3.05) is 6.54 Å². The lowest BCUT2D eigenvalue weighted by molar-refractivity contribution is -0.125.